The molecule has 1 fully saturated rings. The maximum atomic E-state index is 13.8. The number of carbonyl (C=O) groups excluding carboxylic acids is 2. The lowest BCUT2D eigenvalue weighted by Gasteiger charge is -2.32. The molecule has 0 atom stereocenters. The fourth-order valence-electron chi connectivity index (χ4n) is 3.21. The number of hydrogen-bond acceptors (Lipinski definition) is 3. The first-order valence-corrected chi connectivity index (χ1v) is 9.25. The maximum absolute atomic E-state index is 13.8. The molecule has 2 aromatic rings. The van der Waals surface area contributed by atoms with Crippen molar-refractivity contribution >= 4 is 17.5 Å². The molecule has 6 heteroatoms. The number of anilines is 1. The Labute approximate surface area is 158 Å². The minimum absolute atomic E-state index is 0.00249. The number of carbonyl (C=O) groups is 2. The highest BCUT2D eigenvalue weighted by Crippen LogP contribution is 2.16. The zero-order chi connectivity index (χ0) is 19.1. The van der Waals surface area contributed by atoms with Gasteiger partial charge in [-0.1, -0.05) is 30.3 Å². The molecule has 0 aromatic heterocycles. The summed E-state index contributed by atoms with van der Waals surface area (Å²) >= 11 is 0. The average molecular weight is 369 g/mol. The van der Waals surface area contributed by atoms with Crippen molar-refractivity contribution in [1.82, 2.24) is 10.2 Å². The average Bonchev–Trinajstić information content (AvgIpc) is 2.69. The molecule has 0 bridgehead atoms. The molecule has 2 amide bonds. The Morgan fingerprint density at radius 3 is 2.37 bits per heavy atom. The van der Waals surface area contributed by atoms with Crippen molar-refractivity contribution in [3.63, 3.8) is 0 Å². The van der Waals surface area contributed by atoms with Crippen LogP contribution in [0.3, 0.4) is 0 Å². The highest BCUT2D eigenvalue weighted by atomic mass is 19.1. The van der Waals surface area contributed by atoms with Gasteiger partial charge in [0.1, 0.15) is 5.82 Å². The number of halogens is 1. The van der Waals surface area contributed by atoms with Gasteiger partial charge in [-0.05, 0) is 37.1 Å². The lowest BCUT2D eigenvalue weighted by Crippen LogP contribution is -2.46. The smallest absolute Gasteiger partial charge is 0.256 e. The molecule has 1 aliphatic rings. The quantitative estimate of drug-likeness (QED) is 0.823. The van der Waals surface area contributed by atoms with Gasteiger partial charge in [0.2, 0.25) is 5.91 Å². The molecule has 0 aliphatic carbocycles. The van der Waals surface area contributed by atoms with E-state index in [0.717, 1.165) is 5.69 Å². The number of para-hydroxylation sites is 1. The zero-order valence-corrected chi connectivity index (χ0v) is 15.2. The first-order chi connectivity index (χ1) is 13.1. The Balaban J connectivity index is 1.39. The van der Waals surface area contributed by atoms with E-state index in [9.17, 15) is 14.0 Å². The van der Waals surface area contributed by atoms with Crippen molar-refractivity contribution in [3.05, 3.63) is 66.0 Å². The normalized spacial score (nSPS) is 14.6. The van der Waals surface area contributed by atoms with Crippen molar-refractivity contribution < 1.29 is 14.0 Å². The summed E-state index contributed by atoms with van der Waals surface area (Å²) in [6, 6.07) is 15.8. The van der Waals surface area contributed by atoms with Crippen molar-refractivity contribution in [1.29, 1.82) is 0 Å². The number of benzene rings is 2. The highest BCUT2D eigenvalue weighted by molar-refractivity contribution is 5.94. The van der Waals surface area contributed by atoms with Crippen LogP contribution < -0.4 is 10.6 Å². The van der Waals surface area contributed by atoms with Gasteiger partial charge in [0, 0.05) is 37.8 Å². The number of nitrogens with zero attached hydrogens (tertiary/aromatic N) is 1. The molecule has 0 radical (unpaired) electrons. The third-order valence-electron chi connectivity index (χ3n) is 4.71. The Hall–Kier alpha value is -2.89. The second kappa shape index (κ2) is 9.16. The number of hydrogen-bond donors (Lipinski definition) is 2. The predicted molar refractivity (Wildman–Crippen MR) is 103 cm³/mol. The largest absolute Gasteiger partial charge is 0.385 e. The molecule has 2 N–H and O–H groups in total. The van der Waals surface area contributed by atoms with Crippen LogP contribution in [-0.4, -0.2) is 42.4 Å². The second-order valence-corrected chi connectivity index (χ2v) is 6.66. The van der Waals surface area contributed by atoms with Gasteiger partial charge in [-0.2, -0.15) is 0 Å². The molecular weight excluding hydrogens is 345 g/mol. The monoisotopic (exact) mass is 369 g/mol. The van der Waals surface area contributed by atoms with Gasteiger partial charge in [-0.3, -0.25) is 9.59 Å². The minimum atomic E-state index is -0.496. The molecule has 0 saturated carbocycles. The fraction of sp³-hybridized carbons (Fsp3) is 0.333. The van der Waals surface area contributed by atoms with Crippen LogP contribution in [-0.2, 0) is 4.79 Å². The zero-order valence-electron chi connectivity index (χ0n) is 15.2. The molecular formula is C21H24FN3O2. The number of rotatable bonds is 6. The molecule has 0 spiro atoms. The van der Waals surface area contributed by atoms with Crippen LogP contribution >= 0.6 is 0 Å². The van der Waals surface area contributed by atoms with E-state index in [1.54, 1.807) is 17.0 Å². The van der Waals surface area contributed by atoms with Gasteiger partial charge >= 0.3 is 0 Å². The van der Waals surface area contributed by atoms with Crippen molar-refractivity contribution in [2.24, 2.45) is 0 Å². The molecule has 2 aromatic carbocycles. The van der Waals surface area contributed by atoms with E-state index in [0.29, 0.717) is 38.9 Å². The number of likely N-dealkylation sites (tertiary alicyclic amines) is 1. The first kappa shape index (κ1) is 18.9. The van der Waals surface area contributed by atoms with Gasteiger partial charge in [-0.25, -0.2) is 4.39 Å². The van der Waals surface area contributed by atoms with Gasteiger partial charge in [0.05, 0.1) is 5.56 Å². The summed E-state index contributed by atoms with van der Waals surface area (Å²) in [7, 11) is 0. The summed E-state index contributed by atoms with van der Waals surface area (Å²) in [5, 5.41) is 6.23. The lowest BCUT2D eigenvalue weighted by atomic mass is 10.0. The summed E-state index contributed by atoms with van der Waals surface area (Å²) in [4.78, 5) is 26.2. The van der Waals surface area contributed by atoms with E-state index < -0.39 is 5.82 Å². The summed E-state index contributed by atoms with van der Waals surface area (Å²) in [6.45, 7) is 1.60. The van der Waals surface area contributed by atoms with Crippen LogP contribution in [0.25, 0.3) is 0 Å². The molecule has 3 rings (SSSR count). The Morgan fingerprint density at radius 1 is 1.00 bits per heavy atom. The van der Waals surface area contributed by atoms with Crippen LogP contribution in [0.4, 0.5) is 10.1 Å². The van der Waals surface area contributed by atoms with E-state index in [1.165, 1.54) is 12.1 Å². The van der Waals surface area contributed by atoms with E-state index in [4.69, 9.17) is 0 Å². The number of amides is 2. The standard InChI is InChI=1S/C21H24FN3O2/c22-19-9-5-4-8-18(19)21(27)25-14-11-17(12-15-25)24-20(26)10-13-23-16-6-2-1-3-7-16/h1-9,17,23H,10-15H2,(H,24,26). The first-order valence-electron chi connectivity index (χ1n) is 9.25. The highest BCUT2D eigenvalue weighted by Gasteiger charge is 2.25. The number of nitrogens with one attached hydrogen (secondary N) is 2. The van der Waals surface area contributed by atoms with E-state index >= 15 is 0 Å². The second-order valence-electron chi connectivity index (χ2n) is 6.66. The number of piperidine rings is 1. The third kappa shape index (κ3) is 5.29. The van der Waals surface area contributed by atoms with Crippen molar-refractivity contribution in [3.8, 4) is 0 Å². The molecule has 1 saturated heterocycles. The lowest BCUT2D eigenvalue weighted by molar-refractivity contribution is -0.121. The Morgan fingerprint density at radius 2 is 1.67 bits per heavy atom. The van der Waals surface area contributed by atoms with Gasteiger partial charge < -0.3 is 15.5 Å². The summed E-state index contributed by atoms with van der Waals surface area (Å²) in [6.07, 6.45) is 1.75. The minimum Gasteiger partial charge on any atom is -0.385 e. The van der Waals surface area contributed by atoms with Crippen LogP contribution in [0.2, 0.25) is 0 Å². The Bertz CT molecular complexity index is 774. The summed E-state index contributed by atoms with van der Waals surface area (Å²) < 4.78 is 13.8. The molecule has 1 aliphatic heterocycles. The van der Waals surface area contributed by atoms with Crippen LogP contribution in [0.15, 0.2) is 54.6 Å². The molecule has 27 heavy (non-hydrogen) atoms. The summed E-state index contributed by atoms with van der Waals surface area (Å²) in [5.41, 5.74) is 1.09. The van der Waals surface area contributed by atoms with E-state index in [1.807, 2.05) is 30.3 Å². The summed E-state index contributed by atoms with van der Waals surface area (Å²) in [5.74, 6) is -0.786. The maximum Gasteiger partial charge on any atom is 0.256 e. The molecule has 5 nitrogen and oxygen atoms in total. The Kier molecular flexibility index (Phi) is 6.41. The molecule has 142 valence electrons. The van der Waals surface area contributed by atoms with Crippen molar-refractivity contribution in [2.75, 3.05) is 25.0 Å². The topological polar surface area (TPSA) is 61.4 Å². The van der Waals surface area contributed by atoms with Crippen LogP contribution in [0.5, 0.6) is 0 Å². The third-order valence-corrected chi connectivity index (χ3v) is 4.71. The van der Waals surface area contributed by atoms with E-state index in [-0.39, 0.29) is 23.4 Å². The SMILES string of the molecule is O=C(CCNc1ccccc1)NC1CCN(C(=O)c2ccccc2F)CC1. The van der Waals surface area contributed by atoms with Crippen molar-refractivity contribution in [2.45, 2.75) is 25.3 Å². The molecule has 1 heterocycles. The van der Waals surface area contributed by atoms with Crippen LogP contribution in [0, 0.1) is 5.82 Å². The van der Waals surface area contributed by atoms with Gasteiger partial charge in [-0.15, -0.1) is 0 Å². The van der Waals surface area contributed by atoms with Crippen LogP contribution in [0.1, 0.15) is 29.6 Å². The van der Waals surface area contributed by atoms with Gasteiger partial charge in [0.15, 0.2) is 0 Å². The molecule has 0 unspecified atom stereocenters. The fourth-order valence-corrected chi connectivity index (χ4v) is 3.21. The predicted octanol–water partition coefficient (Wildman–Crippen LogP) is 3.05. The van der Waals surface area contributed by atoms with Gasteiger partial charge in [0.25, 0.3) is 5.91 Å². The van der Waals surface area contributed by atoms with E-state index in [2.05, 4.69) is 10.6 Å².